The number of halogens is 1. The highest BCUT2D eigenvalue weighted by atomic mass is 35.5. The van der Waals surface area contributed by atoms with Crippen molar-refractivity contribution in [1.82, 2.24) is 4.90 Å². The average molecular weight is 240 g/mol. The molecule has 3 heteroatoms. The molecule has 0 N–H and O–H groups in total. The van der Waals surface area contributed by atoms with Crippen molar-refractivity contribution >= 4 is 17.5 Å². The van der Waals surface area contributed by atoms with Crippen molar-refractivity contribution in [3.8, 4) is 0 Å². The van der Waals surface area contributed by atoms with Gasteiger partial charge in [-0.05, 0) is 32.4 Å². The summed E-state index contributed by atoms with van der Waals surface area (Å²) in [5.41, 5.74) is 2.94. The van der Waals surface area contributed by atoms with Gasteiger partial charge in [-0.2, -0.15) is 0 Å². The molecule has 0 aliphatic rings. The molecule has 0 fully saturated rings. The maximum atomic E-state index is 12.1. The van der Waals surface area contributed by atoms with Gasteiger partial charge in [-0.1, -0.05) is 17.7 Å². The first-order chi connectivity index (χ1) is 7.41. The molecular formula is C13H18ClNO. The molecule has 0 heterocycles. The predicted molar refractivity (Wildman–Crippen MR) is 68.2 cm³/mol. The normalized spacial score (nSPS) is 12.3. The number of rotatable bonds is 3. The molecule has 1 atom stereocenters. The summed E-state index contributed by atoms with van der Waals surface area (Å²) < 4.78 is 0. The lowest BCUT2D eigenvalue weighted by Crippen LogP contribution is -2.31. The quantitative estimate of drug-likeness (QED) is 0.743. The third-order valence-electron chi connectivity index (χ3n) is 2.48. The molecule has 0 radical (unpaired) electrons. The van der Waals surface area contributed by atoms with Crippen molar-refractivity contribution in [3.05, 3.63) is 34.9 Å². The largest absolute Gasteiger partial charge is 0.340 e. The summed E-state index contributed by atoms with van der Waals surface area (Å²) >= 11 is 5.88. The molecule has 0 aliphatic heterocycles. The van der Waals surface area contributed by atoms with E-state index in [0.29, 0.717) is 6.54 Å². The second kappa shape index (κ2) is 5.35. The summed E-state index contributed by atoms with van der Waals surface area (Å²) in [4.78, 5) is 13.7. The van der Waals surface area contributed by atoms with Crippen molar-refractivity contribution in [2.75, 3.05) is 13.6 Å². The third kappa shape index (κ3) is 3.24. The van der Waals surface area contributed by atoms with Crippen molar-refractivity contribution in [2.24, 2.45) is 0 Å². The second-order valence-electron chi connectivity index (χ2n) is 4.28. The number of carbonyl (C=O) groups is 1. The molecule has 1 aromatic carbocycles. The van der Waals surface area contributed by atoms with Crippen LogP contribution in [0.1, 0.15) is 28.4 Å². The second-order valence-corrected chi connectivity index (χ2v) is 5.03. The molecule has 16 heavy (non-hydrogen) atoms. The fourth-order valence-corrected chi connectivity index (χ4v) is 1.93. The zero-order valence-corrected chi connectivity index (χ0v) is 11.0. The van der Waals surface area contributed by atoms with E-state index in [-0.39, 0.29) is 11.3 Å². The molecule has 1 unspecified atom stereocenters. The van der Waals surface area contributed by atoms with Crippen LogP contribution < -0.4 is 0 Å². The minimum absolute atomic E-state index is 0.0281. The molecule has 2 nitrogen and oxygen atoms in total. The highest BCUT2D eigenvalue weighted by molar-refractivity contribution is 6.20. The number of nitrogens with zero attached hydrogens (tertiary/aromatic N) is 1. The van der Waals surface area contributed by atoms with Crippen LogP contribution in [-0.4, -0.2) is 29.8 Å². The van der Waals surface area contributed by atoms with Crippen molar-refractivity contribution < 1.29 is 4.79 Å². The zero-order valence-electron chi connectivity index (χ0n) is 10.2. The summed E-state index contributed by atoms with van der Waals surface area (Å²) in [6.45, 7) is 6.42. The van der Waals surface area contributed by atoms with Gasteiger partial charge in [0.25, 0.3) is 5.91 Å². The van der Waals surface area contributed by atoms with Gasteiger partial charge in [0.15, 0.2) is 0 Å². The van der Waals surface area contributed by atoms with Gasteiger partial charge in [-0.15, -0.1) is 11.6 Å². The third-order valence-corrected chi connectivity index (χ3v) is 2.62. The van der Waals surface area contributed by atoms with Crippen molar-refractivity contribution in [3.63, 3.8) is 0 Å². The Kier molecular flexibility index (Phi) is 4.36. The Balaban J connectivity index is 2.88. The highest BCUT2D eigenvalue weighted by Gasteiger charge is 2.15. The van der Waals surface area contributed by atoms with Gasteiger partial charge in [-0.25, -0.2) is 0 Å². The average Bonchev–Trinajstić information content (AvgIpc) is 2.15. The summed E-state index contributed by atoms with van der Waals surface area (Å²) in [6, 6.07) is 5.85. The van der Waals surface area contributed by atoms with E-state index < -0.39 is 0 Å². The molecule has 0 bridgehead atoms. The van der Waals surface area contributed by atoms with E-state index in [1.165, 1.54) is 5.56 Å². The maximum Gasteiger partial charge on any atom is 0.253 e. The molecule has 0 spiro atoms. The molecular weight excluding hydrogens is 222 g/mol. The fourth-order valence-electron chi connectivity index (χ4n) is 1.72. The highest BCUT2D eigenvalue weighted by Crippen LogP contribution is 2.13. The smallest absolute Gasteiger partial charge is 0.253 e. The van der Waals surface area contributed by atoms with Crippen LogP contribution >= 0.6 is 11.6 Å². The van der Waals surface area contributed by atoms with Gasteiger partial charge in [0.2, 0.25) is 0 Å². The van der Waals surface area contributed by atoms with Crippen LogP contribution in [0, 0.1) is 13.8 Å². The van der Waals surface area contributed by atoms with E-state index in [4.69, 9.17) is 11.6 Å². The Bertz CT molecular complexity index is 388. The Morgan fingerprint density at radius 2 is 2.06 bits per heavy atom. The number of aryl methyl sites for hydroxylation is 2. The van der Waals surface area contributed by atoms with Crippen LogP contribution in [0.2, 0.25) is 0 Å². The van der Waals surface area contributed by atoms with E-state index in [2.05, 4.69) is 0 Å². The molecule has 1 amide bonds. The summed E-state index contributed by atoms with van der Waals surface area (Å²) in [5.74, 6) is 0.0324. The molecule has 1 aromatic rings. The van der Waals surface area contributed by atoms with Gasteiger partial charge in [0, 0.05) is 24.5 Å². The Hall–Kier alpha value is -1.02. The number of hydrogen-bond acceptors (Lipinski definition) is 1. The molecule has 0 saturated heterocycles. The van der Waals surface area contributed by atoms with Crippen LogP contribution in [0.15, 0.2) is 18.2 Å². The van der Waals surface area contributed by atoms with E-state index in [9.17, 15) is 4.79 Å². The SMILES string of the molecule is Cc1ccc(C(=O)N(C)CC(C)Cl)c(C)c1. The van der Waals surface area contributed by atoms with Crippen LogP contribution in [0.4, 0.5) is 0 Å². The van der Waals surface area contributed by atoms with E-state index >= 15 is 0 Å². The lowest BCUT2D eigenvalue weighted by molar-refractivity contribution is 0.0795. The standard InChI is InChI=1S/C13H18ClNO/c1-9-5-6-12(10(2)7-9)13(16)15(4)8-11(3)14/h5-7,11H,8H2,1-4H3. The van der Waals surface area contributed by atoms with Gasteiger partial charge in [-0.3, -0.25) is 4.79 Å². The summed E-state index contributed by atoms with van der Waals surface area (Å²) in [7, 11) is 1.78. The predicted octanol–water partition coefficient (Wildman–Crippen LogP) is 3.00. The van der Waals surface area contributed by atoms with Crippen LogP contribution in [0.3, 0.4) is 0 Å². The number of amides is 1. The topological polar surface area (TPSA) is 20.3 Å². The molecule has 1 rings (SSSR count). The van der Waals surface area contributed by atoms with E-state index in [1.807, 2.05) is 39.0 Å². The van der Waals surface area contributed by atoms with Crippen LogP contribution in [0.25, 0.3) is 0 Å². The number of benzene rings is 1. The molecule has 0 aliphatic carbocycles. The monoisotopic (exact) mass is 239 g/mol. The van der Waals surface area contributed by atoms with Crippen LogP contribution in [-0.2, 0) is 0 Å². The zero-order chi connectivity index (χ0) is 12.3. The first-order valence-electron chi connectivity index (χ1n) is 5.38. The molecule has 0 aromatic heterocycles. The Labute approximate surface area is 102 Å². The van der Waals surface area contributed by atoms with E-state index in [1.54, 1.807) is 11.9 Å². The van der Waals surface area contributed by atoms with E-state index in [0.717, 1.165) is 11.1 Å². The summed E-state index contributed by atoms with van der Waals surface area (Å²) in [5, 5.41) is -0.0281. The minimum Gasteiger partial charge on any atom is -0.340 e. The van der Waals surface area contributed by atoms with Gasteiger partial charge in [0.05, 0.1) is 0 Å². The van der Waals surface area contributed by atoms with Crippen LogP contribution in [0.5, 0.6) is 0 Å². The first kappa shape index (κ1) is 13.0. The Morgan fingerprint density at radius 3 is 2.56 bits per heavy atom. The number of alkyl halides is 1. The number of carbonyl (C=O) groups excluding carboxylic acids is 1. The van der Waals surface area contributed by atoms with Gasteiger partial charge in [0.1, 0.15) is 0 Å². The lowest BCUT2D eigenvalue weighted by Gasteiger charge is -2.19. The van der Waals surface area contributed by atoms with Gasteiger partial charge < -0.3 is 4.90 Å². The number of hydrogen-bond donors (Lipinski definition) is 0. The molecule has 0 saturated carbocycles. The minimum atomic E-state index is -0.0281. The fraction of sp³-hybridized carbons (Fsp3) is 0.462. The van der Waals surface area contributed by atoms with Crippen molar-refractivity contribution in [1.29, 1.82) is 0 Å². The van der Waals surface area contributed by atoms with Crippen molar-refractivity contribution in [2.45, 2.75) is 26.1 Å². The Morgan fingerprint density at radius 1 is 1.44 bits per heavy atom. The van der Waals surface area contributed by atoms with Gasteiger partial charge >= 0.3 is 0 Å². The summed E-state index contributed by atoms with van der Waals surface area (Å²) in [6.07, 6.45) is 0. The maximum absolute atomic E-state index is 12.1. The first-order valence-corrected chi connectivity index (χ1v) is 5.82. The molecule has 88 valence electrons. The lowest BCUT2D eigenvalue weighted by atomic mass is 10.0.